The summed E-state index contributed by atoms with van der Waals surface area (Å²) in [6, 6.07) is 6.11. The van der Waals surface area contributed by atoms with Gasteiger partial charge in [-0.05, 0) is 49.3 Å². The molecular formula is C19H30O3. The minimum Gasteiger partial charge on any atom is -0.489 e. The van der Waals surface area contributed by atoms with E-state index in [0.29, 0.717) is 31.5 Å². The average molecular weight is 306 g/mol. The number of carbonyl (C=O) groups is 1. The fourth-order valence-corrected chi connectivity index (χ4v) is 1.99. The summed E-state index contributed by atoms with van der Waals surface area (Å²) in [5, 5.41) is 0. The quantitative estimate of drug-likeness (QED) is 0.630. The molecule has 3 heteroatoms. The van der Waals surface area contributed by atoms with E-state index in [0.717, 1.165) is 24.3 Å². The van der Waals surface area contributed by atoms with Crippen LogP contribution in [0, 0.1) is 11.8 Å². The molecule has 0 N–H and O–H groups in total. The summed E-state index contributed by atoms with van der Waals surface area (Å²) >= 11 is 0. The van der Waals surface area contributed by atoms with Gasteiger partial charge in [0.25, 0.3) is 0 Å². The van der Waals surface area contributed by atoms with Gasteiger partial charge in [0.1, 0.15) is 5.78 Å². The summed E-state index contributed by atoms with van der Waals surface area (Å²) in [4.78, 5) is 11.0. The van der Waals surface area contributed by atoms with E-state index in [1.54, 1.807) is 6.92 Å². The topological polar surface area (TPSA) is 35.5 Å². The lowest BCUT2D eigenvalue weighted by atomic mass is 10.1. The van der Waals surface area contributed by atoms with Crippen molar-refractivity contribution >= 4 is 5.78 Å². The molecule has 0 fully saturated rings. The number of benzene rings is 1. The summed E-state index contributed by atoms with van der Waals surface area (Å²) in [6.45, 7) is 11.5. The van der Waals surface area contributed by atoms with Crippen LogP contribution in [0.5, 0.6) is 11.5 Å². The molecule has 0 aliphatic rings. The summed E-state index contributed by atoms with van der Waals surface area (Å²) in [5.74, 6) is 2.82. The molecule has 0 saturated carbocycles. The minimum atomic E-state index is 0.244. The molecule has 0 bridgehead atoms. The van der Waals surface area contributed by atoms with E-state index in [4.69, 9.17) is 9.47 Å². The Hall–Kier alpha value is -1.51. The molecule has 22 heavy (non-hydrogen) atoms. The Morgan fingerprint density at radius 3 is 2.14 bits per heavy atom. The number of rotatable bonds is 10. The Bertz CT molecular complexity index is 464. The molecule has 0 heterocycles. The molecule has 0 aromatic heterocycles. The number of ether oxygens (including phenoxy) is 2. The summed E-state index contributed by atoms with van der Waals surface area (Å²) in [7, 11) is 0. The van der Waals surface area contributed by atoms with Gasteiger partial charge in [-0.2, -0.15) is 0 Å². The third-order valence-corrected chi connectivity index (χ3v) is 3.15. The SMILES string of the molecule is CC(=O)CCCc1ccc(OCC(C)C)c(OCC(C)C)c1. The monoisotopic (exact) mass is 306 g/mol. The molecule has 124 valence electrons. The number of aryl methyl sites for hydroxylation is 1. The van der Waals surface area contributed by atoms with Crippen molar-refractivity contribution in [2.75, 3.05) is 13.2 Å². The zero-order valence-corrected chi connectivity index (χ0v) is 14.6. The first-order chi connectivity index (χ1) is 10.4. The smallest absolute Gasteiger partial charge is 0.161 e. The maximum Gasteiger partial charge on any atom is 0.161 e. The second-order valence-electron chi connectivity index (χ2n) is 6.75. The van der Waals surface area contributed by atoms with Crippen molar-refractivity contribution in [2.24, 2.45) is 11.8 Å². The van der Waals surface area contributed by atoms with Crippen LogP contribution in [0.3, 0.4) is 0 Å². The molecule has 1 aromatic rings. The fraction of sp³-hybridized carbons (Fsp3) is 0.632. The van der Waals surface area contributed by atoms with Crippen molar-refractivity contribution < 1.29 is 14.3 Å². The van der Waals surface area contributed by atoms with Crippen molar-refractivity contribution in [3.05, 3.63) is 23.8 Å². The number of carbonyl (C=O) groups excluding carboxylic acids is 1. The summed E-state index contributed by atoms with van der Waals surface area (Å²) in [5.41, 5.74) is 1.19. The van der Waals surface area contributed by atoms with Gasteiger partial charge in [0, 0.05) is 6.42 Å². The Balaban J connectivity index is 2.75. The van der Waals surface area contributed by atoms with E-state index < -0.39 is 0 Å². The summed E-state index contributed by atoms with van der Waals surface area (Å²) < 4.78 is 11.8. The molecule has 0 atom stereocenters. The fourth-order valence-electron chi connectivity index (χ4n) is 1.99. The van der Waals surface area contributed by atoms with Gasteiger partial charge >= 0.3 is 0 Å². The first-order valence-corrected chi connectivity index (χ1v) is 8.26. The van der Waals surface area contributed by atoms with E-state index in [1.807, 2.05) is 6.07 Å². The van der Waals surface area contributed by atoms with Gasteiger partial charge in [-0.25, -0.2) is 0 Å². The number of hydrogen-bond donors (Lipinski definition) is 0. The number of Topliss-reactive ketones (excluding diaryl/α,β-unsaturated/α-hetero) is 1. The van der Waals surface area contributed by atoms with Crippen LogP contribution in [-0.2, 0) is 11.2 Å². The highest BCUT2D eigenvalue weighted by molar-refractivity contribution is 5.75. The molecule has 0 unspecified atom stereocenters. The van der Waals surface area contributed by atoms with Crippen LogP contribution in [0.25, 0.3) is 0 Å². The van der Waals surface area contributed by atoms with Crippen molar-refractivity contribution in [1.29, 1.82) is 0 Å². The molecule has 0 radical (unpaired) electrons. The minimum absolute atomic E-state index is 0.244. The predicted molar refractivity (Wildman–Crippen MR) is 90.7 cm³/mol. The Labute approximate surface area is 135 Å². The third-order valence-electron chi connectivity index (χ3n) is 3.15. The second-order valence-corrected chi connectivity index (χ2v) is 6.75. The van der Waals surface area contributed by atoms with Gasteiger partial charge in [-0.1, -0.05) is 33.8 Å². The summed E-state index contributed by atoms with van der Waals surface area (Å²) in [6.07, 6.45) is 2.40. The molecule has 3 nitrogen and oxygen atoms in total. The van der Waals surface area contributed by atoms with E-state index in [2.05, 4.69) is 39.8 Å². The van der Waals surface area contributed by atoms with Gasteiger partial charge in [-0.3, -0.25) is 0 Å². The van der Waals surface area contributed by atoms with Gasteiger partial charge in [0.2, 0.25) is 0 Å². The predicted octanol–water partition coefficient (Wildman–Crippen LogP) is 4.67. The van der Waals surface area contributed by atoms with Crippen molar-refractivity contribution in [2.45, 2.75) is 53.9 Å². The molecular weight excluding hydrogens is 276 g/mol. The zero-order chi connectivity index (χ0) is 16.5. The van der Waals surface area contributed by atoms with Crippen LogP contribution >= 0.6 is 0 Å². The van der Waals surface area contributed by atoms with Crippen LogP contribution in [0.1, 0.15) is 53.0 Å². The Morgan fingerprint density at radius 1 is 1.00 bits per heavy atom. The first kappa shape index (κ1) is 18.5. The Kier molecular flexibility index (Phi) is 8.00. The number of hydrogen-bond acceptors (Lipinski definition) is 3. The van der Waals surface area contributed by atoms with Crippen LogP contribution in [0.4, 0.5) is 0 Å². The van der Waals surface area contributed by atoms with Crippen molar-refractivity contribution in [1.82, 2.24) is 0 Å². The lowest BCUT2D eigenvalue weighted by Crippen LogP contribution is -2.09. The standard InChI is InChI=1S/C19H30O3/c1-14(2)12-21-18-10-9-17(8-6-7-16(5)20)11-19(18)22-13-15(3)4/h9-11,14-15H,6-8,12-13H2,1-5H3. The normalized spacial score (nSPS) is 11.0. The lowest BCUT2D eigenvalue weighted by molar-refractivity contribution is -0.117. The molecule has 0 aliphatic heterocycles. The highest BCUT2D eigenvalue weighted by Crippen LogP contribution is 2.30. The van der Waals surface area contributed by atoms with Crippen molar-refractivity contribution in [3.63, 3.8) is 0 Å². The van der Waals surface area contributed by atoms with Gasteiger partial charge < -0.3 is 14.3 Å². The largest absolute Gasteiger partial charge is 0.489 e. The van der Waals surface area contributed by atoms with E-state index in [9.17, 15) is 4.79 Å². The third kappa shape index (κ3) is 7.48. The van der Waals surface area contributed by atoms with Gasteiger partial charge in [0.15, 0.2) is 11.5 Å². The van der Waals surface area contributed by atoms with Crippen LogP contribution in [0.2, 0.25) is 0 Å². The maximum atomic E-state index is 11.0. The molecule has 0 amide bonds. The lowest BCUT2D eigenvalue weighted by Gasteiger charge is -2.16. The molecule has 1 aromatic carbocycles. The Morgan fingerprint density at radius 2 is 1.59 bits per heavy atom. The molecule has 0 saturated heterocycles. The number of ketones is 1. The maximum absolute atomic E-state index is 11.0. The highest BCUT2D eigenvalue weighted by Gasteiger charge is 2.09. The van der Waals surface area contributed by atoms with Crippen molar-refractivity contribution in [3.8, 4) is 11.5 Å². The van der Waals surface area contributed by atoms with Crippen LogP contribution < -0.4 is 9.47 Å². The first-order valence-electron chi connectivity index (χ1n) is 8.26. The second kappa shape index (κ2) is 9.50. The molecule has 1 rings (SSSR count). The zero-order valence-electron chi connectivity index (χ0n) is 14.6. The van der Waals surface area contributed by atoms with Crippen LogP contribution in [0.15, 0.2) is 18.2 Å². The molecule has 0 aliphatic carbocycles. The van der Waals surface area contributed by atoms with Gasteiger partial charge in [0.05, 0.1) is 13.2 Å². The highest BCUT2D eigenvalue weighted by atomic mass is 16.5. The van der Waals surface area contributed by atoms with E-state index in [-0.39, 0.29) is 5.78 Å². The van der Waals surface area contributed by atoms with Gasteiger partial charge in [-0.15, -0.1) is 0 Å². The average Bonchev–Trinajstić information content (AvgIpc) is 2.43. The molecule has 0 spiro atoms. The van der Waals surface area contributed by atoms with E-state index >= 15 is 0 Å². The van der Waals surface area contributed by atoms with E-state index in [1.165, 1.54) is 5.56 Å². The van der Waals surface area contributed by atoms with Crippen LogP contribution in [-0.4, -0.2) is 19.0 Å².